The zero-order valence-electron chi connectivity index (χ0n) is 8.29. The minimum Gasteiger partial charge on any atom is -0.394 e. The quantitative estimate of drug-likeness (QED) is 0.219. The summed E-state index contributed by atoms with van der Waals surface area (Å²) in [6.07, 6.45) is -11.7. The summed E-state index contributed by atoms with van der Waals surface area (Å²) in [4.78, 5) is 10.1. The fraction of sp³-hybridized carbons (Fsp3) is 0.875. The molecule has 0 aliphatic carbocycles. The predicted molar refractivity (Wildman–Crippen MR) is 49.2 cm³/mol. The molecular weight excluding hydrogens is 224 g/mol. The van der Waals surface area contributed by atoms with Crippen molar-refractivity contribution in [2.45, 2.75) is 36.6 Å². The van der Waals surface area contributed by atoms with Crippen LogP contribution in [0.3, 0.4) is 0 Å². The van der Waals surface area contributed by atoms with Crippen LogP contribution in [0.1, 0.15) is 0 Å². The maximum atomic E-state index is 10.1. The largest absolute Gasteiger partial charge is 0.394 e. The van der Waals surface area contributed by atoms with E-state index in [-0.39, 0.29) is 6.29 Å². The number of aldehydes is 1. The fourth-order valence-electron chi connectivity index (χ4n) is 1.02. The molecule has 0 aliphatic heterocycles. The standard InChI is InChI=1S/C8H16O8/c9-1-3(11)5(13)7(15)8(16)6(14)4(12)2-10/h1,3-8,10-16H,2H2/t3-,4+,5-,6-,7-,8-/m0/s1. The Kier molecular flexibility index (Phi) is 6.60. The Morgan fingerprint density at radius 1 is 0.812 bits per heavy atom. The number of carbonyl (C=O) groups is 1. The van der Waals surface area contributed by atoms with Crippen LogP contribution in [-0.2, 0) is 4.79 Å². The van der Waals surface area contributed by atoms with E-state index in [0.29, 0.717) is 0 Å². The highest BCUT2D eigenvalue weighted by Gasteiger charge is 2.36. The topological polar surface area (TPSA) is 159 Å². The summed E-state index contributed by atoms with van der Waals surface area (Å²) in [5, 5.41) is 63.0. The Bertz CT molecular complexity index is 210. The van der Waals surface area contributed by atoms with Gasteiger partial charge in [0.2, 0.25) is 0 Å². The molecule has 7 N–H and O–H groups in total. The molecule has 16 heavy (non-hydrogen) atoms. The lowest BCUT2D eigenvalue weighted by Crippen LogP contribution is -2.53. The molecule has 0 aliphatic rings. The average molecular weight is 240 g/mol. The molecule has 0 unspecified atom stereocenters. The van der Waals surface area contributed by atoms with Crippen LogP contribution in [0.25, 0.3) is 0 Å². The van der Waals surface area contributed by atoms with Gasteiger partial charge in [0, 0.05) is 0 Å². The molecule has 0 amide bonds. The van der Waals surface area contributed by atoms with Gasteiger partial charge in [-0.1, -0.05) is 0 Å². The number of carbonyl (C=O) groups excluding carboxylic acids is 1. The lowest BCUT2D eigenvalue weighted by Gasteiger charge is -2.29. The zero-order chi connectivity index (χ0) is 12.9. The molecule has 0 spiro atoms. The van der Waals surface area contributed by atoms with Gasteiger partial charge < -0.3 is 40.5 Å². The van der Waals surface area contributed by atoms with Crippen LogP contribution in [0.2, 0.25) is 0 Å². The first-order valence-corrected chi connectivity index (χ1v) is 4.51. The number of hydrogen-bond acceptors (Lipinski definition) is 8. The summed E-state index contributed by atoms with van der Waals surface area (Å²) in [6.45, 7) is -0.864. The summed E-state index contributed by atoms with van der Waals surface area (Å²) >= 11 is 0. The maximum absolute atomic E-state index is 10.1. The van der Waals surface area contributed by atoms with Crippen molar-refractivity contribution < 1.29 is 40.5 Å². The van der Waals surface area contributed by atoms with Crippen molar-refractivity contribution in [3.8, 4) is 0 Å². The molecule has 0 radical (unpaired) electrons. The average Bonchev–Trinajstić information content (AvgIpc) is 2.32. The van der Waals surface area contributed by atoms with E-state index in [1.807, 2.05) is 0 Å². The van der Waals surface area contributed by atoms with Crippen LogP contribution in [0, 0.1) is 0 Å². The van der Waals surface area contributed by atoms with Crippen molar-refractivity contribution in [3.63, 3.8) is 0 Å². The Balaban J connectivity index is 4.47. The first kappa shape index (κ1) is 15.4. The van der Waals surface area contributed by atoms with Crippen molar-refractivity contribution in [2.75, 3.05) is 6.61 Å². The number of hydrogen-bond donors (Lipinski definition) is 7. The predicted octanol–water partition coefficient (Wildman–Crippen LogP) is -4.66. The maximum Gasteiger partial charge on any atom is 0.151 e. The highest BCUT2D eigenvalue weighted by atomic mass is 16.4. The van der Waals surface area contributed by atoms with Crippen molar-refractivity contribution in [3.05, 3.63) is 0 Å². The molecule has 0 rings (SSSR count). The lowest BCUT2D eigenvalue weighted by atomic mass is 9.97. The molecule has 0 aromatic heterocycles. The van der Waals surface area contributed by atoms with E-state index < -0.39 is 43.2 Å². The lowest BCUT2D eigenvalue weighted by molar-refractivity contribution is -0.159. The minimum atomic E-state index is -2.05. The third kappa shape index (κ3) is 3.76. The Hall–Kier alpha value is -0.610. The molecule has 0 fully saturated rings. The molecule has 0 aromatic rings. The van der Waals surface area contributed by atoms with E-state index in [4.69, 9.17) is 25.5 Å². The molecular formula is C8H16O8. The molecule has 0 bridgehead atoms. The summed E-state index contributed by atoms with van der Waals surface area (Å²) in [5.41, 5.74) is 0. The molecule has 0 saturated heterocycles. The molecule has 8 nitrogen and oxygen atoms in total. The SMILES string of the molecule is O=C[C@H](O)[C@H](O)[C@H](O)[C@@H](O)[C@@H](O)[C@H](O)CO. The van der Waals surface area contributed by atoms with Gasteiger partial charge in [-0.2, -0.15) is 0 Å². The molecule has 6 atom stereocenters. The first-order valence-electron chi connectivity index (χ1n) is 4.51. The van der Waals surface area contributed by atoms with E-state index in [2.05, 4.69) is 0 Å². The van der Waals surface area contributed by atoms with Crippen molar-refractivity contribution in [1.29, 1.82) is 0 Å². The Morgan fingerprint density at radius 3 is 1.62 bits per heavy atom. The van der Waals surface area contributed by atoms with Crippen LogP contribution < -0.4 is 0 Å². The fourth-order valence-corrected chi connectivity index (χ4v) is 1.02. The van der Waals surface area contributed by atoms with Gasteiger partial charge in [0.15, 0.2) is 6.29 Å². The number of aliphatic hydroxyl groups is 7. The van der Waals surface area contributed by atoms with Crippen molar-refractivity contribution in [2.24, 2.45) is 0 Å². The number of rotatable bonds is 7. The monoisotopic (exact) mass is 240 g/mol. The smallest absolute Gasteiger partial charge is 0.151 e. The van der Waals surface area contributed by atoms with Gasteiger partial charge in [-0.05, 0) is 0 Å². The molecule has 0 aromatic carbocycles. The molecule has 96 valence electrons. The van der Waals surface area contributed by atoms with E-state index >= 15 is 0 Å². The van der Waals surface area contributed by atoms with Gasteiger partial charge in [0.25, 0.3) is 0 Å². The van der Waals surface area contributed by atoms with Crippen molar-refractivity contribution in [1.82, 2.24) is 0 Å². The van der Waals surface area contributed by atoms with Gasteiger partial charge in [-0.25, -0.2) is 0 Å². The van der Waals surface area contributed by atoms with Crippen LogP contribution in [0.15, 0.2) is 0 Å². The highest BCUT2D eigenvalue weighted by Crippen LogP contribution is 2.10. The zero-order valence-corrected chi connectivity index (χ0v) is 8.29. The van der Waals surface area contributed by atoms with Gasteiger partial charge in [-0.15, -0.1) is 0 Å². The van der Waals surface area contributed by atoms with Gasteiger partial charge in [-0.3, -0.25) is 0 Å². The normalized spacial score (nSPS) is 22.9. The van der Waals surface area contributed by atoms with E-state index in [9.17, 15) is 15.0 Å². The number of aliphatic hydroxyl groups excluding tert-OH is 7. The molecule has 8 heteroatoms. The van der Waals surface area contributed by atoms with Crippen LogP contribution in [0.4, 0.5) is 0 Å². The summed E-state index contributed by atoms with van der Waals surface area (Å²) in [5.74, 6) is 0. The minimum absolute atomic E-state index is 0.0601. The van der Waals surface area contributed by atoms with E-state index in [1.165, 1.54) is 0 Å². The van der Waals surface area contributed by atoms with Crippen LogP contribution in [0.5, 0.6) is 0 Å². The van der Waals surface area contributed by atoms with Crippen LogP contribution >= 0.6 is 0 Å². The highest BCUT2D eigenvalue weighted by molar-refractivity contribution is 5.56. The molecule has 0 saturated carbocycles. The van der Waals surface area contributed by atoms with E-state index in [1.54, 1.807) is 0 Å². The summed E-state index contributed by atoms with van der Waals surface area (Å²) in [6, 6.07) is 0. The third-order valence-corrected chi connectivity index (χ3v) is 2.12. The first-order chi connectivity index (χ1) is 7.36. The second kappa shape index (κ2) is 6.86. The van der Waals surface area contributed by atoms with Gasteiger partial charge in [0.1, 0.15) is 36.6 Å². The third-order valence-electron chi connectivity index (χ3n) is 2.12. The summed E-state index contributed by atoms with van der Waals surface area (Å²) < 4.78 is 0. The Labute approximate surface area is 91.0 Å². The van der Waals surface area contributed by atoms with E-state index in [0.717, 1.165) is 0 Å². The second-order valence-electron chi connectivity index (χ2n) is 3.34. The van der Waals surface area contributed by atoms with Gasteiger partial charge in [0.05, 0.1) is 6.61 Å². The molecule has 0 heterocycles. The van der Waals surface area contributed by atoms with Gasteiger partial charge >= 0.3 is 0 Å². The second-order valence-corrected chi connectivity index (χ2v) is 3.34. The van der Waals surface area contributed by atoms with Crippen molar-refractivity contribution >= 4 is 6.29 Å². The van der Waals surface area contributed by atoms with Crippen LogP contribution in [-0.4, -0.2) is 85.3 Å². The Morgan fingerprint density at radius 2 is 1.25 bits per heavy atom. The summed E-state index contributed by atoms with van der Waals surface area (Å²) in [7, 11) is 0.